The molecular weight excluding hydrogens is 298 g/mol. The molecule has 0 aliphatic carbocycles. The maximum absolute atomic E-state index is 13.8. The van der Waals surface area contributed by atoms with Crippen LogP contribution in [0.2, 0.25) is 0 Å². The number of hydrogen-bond donors (Lipinski definition) is 2. The quantitative estimate of drug-likeness (QED) is 0.900. The molecule has 1 aromatic carbocycles. The smallest absolute Gasteiger partial charge is 0.283 e. The van der Waals surface area contributed by atoms with Crippen LogP contribution in [0.15, 0.2) is 24.3 Å². The second-order valence-corrected chi connectivity index (χ2v) is 6.99. The fraction of sp³-hybridized carbons (Fsp3) is 0.556. The van der Waals surface area contributed by atoms with E-state index in [4.69, 9.17) is 5.11 Å². The molecule has 2 aromatic rings. The summed E-state index contributed by atoms with van der Waals surface area (Å²) in [6, 6.07) is 8.02. The van der Waals surface area contributed by atoms with Crippen LogP contribution in [0.5, 0.6) is 0 Å². The van der Waals surface area contributed by atoms with Crippen molar-refractivity contribution in [3.63, 3.8) is 0 Å². The van der Waals surface area contributed by atoms with E-state index in [0.717, 1.165) is 17.6 Å². The summed E-state index contributed by atoms with van der Waals surface area (Å²) in [5, 5.41) is 10.1. The van der Waals surface area contributed by atoms with E-state index in [1.165, 1.54) is 10.9 Å². The van der Waals surface area contributed by atoms with Gasteiger partial charge in [-0.15, -0.1) is 0 Å². The predicted octanol–water partition coefficient (Wildman–Crippen LogP) is 3.74. The van der Waals surface area contributed by atoms with Crippen molar-refractivity contribution < 1.29 is 13.9 Å². The van der Waals surface area contributed by atoms with Crippen LogP contribution in [-0.2, 0) is 6.42 Å². The van der Waals surface area contributed by atoms with Gasteiger partial charge in [0.1, 0.15) is 6.61 Å². The lowest BCUT2D eigenvalue weighted by atomic mass is 9.86. The normalized spacial score (nSPS) is 22.7. The lowest BCUT2D eigenvalue weighted by molar-refractivity contribution is -0.0939. The van der Waals surface area contributed by atoms with Crippen molar-refractivity contribution >= 4 is 10.9 Å². The number of fused-ring (bicyclic) bond motifs is 3. The van der Waals surface area contributed by atoms with E-state index in [9.17, 15) is 8.78 Å². The SMILES string of the molecule is CC(C)[C@@H]1c2[nH]c3ccccc3c2C[C@@H](C)N1CC(F)(F)CO. The number of para-hydroxylation sites is 1. The van der Waals surface area contributed by atoms with Gasteiger partial charge in [0, 0.05) is 22.6 Å². The van der Waals surface area contributed by atoms with Crippen LogP contribution >= 0.6 is 0 Å². The highest BCUT2D eigenvalue weighted by Crippen LogP contribution is 2.41. The predicted molar refractivity (Wildman–Crippen MR) is 87.8 cm³/mol. The van der Waals surface area contributed by atoms with Gasteiger partial charge in [-0.05, 0) is 30.9 Å². The monoisotopic (exact) mass is 322 g/mol. The summed E-state index contributed by atoms with van der Waals surface area (Å²) in [4.78, 5) is 5.30. The van der Waals surface area contributed by atoms with E-state index in [1.807, 2.05) is 30.0 Å². The third-order valence-corrected chi connectivity index (χ3v) is 4.84. The molecule has 2 N–H and O–H groups in total. The highest BCUT2D eigenvalue weighted by atomic mass is 19.3. The second kappa shape index (κ2) is 5.87. The summed E-state index contributed by atoms with van der Waals surface area (Å²) in [6.45, 7) is 4.58. The van der Waals surface area contributed by atoms with Gasteiger partial charge in [-0.3, -0.25) is 4.90 Å². The van der Waals surface area contributed by atoms with Gasteiger partial charge in [0.2, 0.25) is 0 Å². The summed E-state index contributed by atoms with van der Waals surface area (Å²) in [5.41, 5.74) is 3.36. The number of rotatable bonds is 4. The first-order chi connectivity index (χ1) is 10.8. The van der Waals surface area contributed by atoms with Gasteiger partial charge in [0.05, 0.1) is 12.6 Å². The highest BCUT2D eigenvalue weighted by molar-refractivity contribution is 5.85. The number of nitrogens with one attached hydrogen (secondary N) is 1. The van der Waals surface area contributed by atoms with E-state index in [1.54, 1.807) is 0 Å². The Hall–Kier alpha value is -1.46. The largest absolute Gasteiger partial charge is 0.390 e. The molecule has 0 unspecified atom stereocenters. The molecule has 23 heavy (non-hydrogen) atoms. The molecule has 3 rings (SSSR count). The molecule has 1 aliphatic heterocycles. The van der Waals surface area contributed by atoms with Gasteiger partial charge in [-0.25, -0.2) is 8.78 Å². The second-order valence-electron chi connectivity index (χ2n) is 6.99. The number of aliphatic hydroxyl groups excluding tert-OH is 1. The zero-order valence-corrected chi connectivity index (χ0v) is 13.8. The van der Waals surface area contributed by atoms with Crippen molar-refractivity contribution in [1.82, 2.24) is 9.88 Å². The van der Waals surface area contributed by atoms with Crippen LogP contribution in [-0.4, -0.2) is 40.1 Å². The summed E-state index contributed by atoms with van der Waals surface area (Å²) < 4.78 is 27.7. The van der Waals surface area contributed by atoms with Crippen molar-refractivity contribution in [3.8, 4) is 0 Å². The fourth-order valence-corrected chi connectivity index (χ4v) is 3.83. The van der Waals surface area contributed by atoms with Crippen LogP contribution < -0.4 is 0 Å². The molecular formula is C18H24F2N2O. The van der Waals surface area contributed by atoms with Gasteiger partial charge in [0.15, 0.2) is 0 Å². The Labute approximate surface area is 135 Å². The Balaban J connectivity index is 2.07. The molecule has 126 valence electrons. The Morgan fingerprint density at radius 3 is 2.70 bits per heavy atom. The van der Waals surface area contributed by atoms with Crippen LogP contribution in [0.25, 0.3) is 10.9 Å². The average molecular weight is 322 g/mol. The Kier molecular flexibility index (Phi) is 4.19. The maximum atomic E-state index is 13.8. The van der Waals surface area contributed by atoms with Crippen molar-refractivity contribution in [3.05, 3.63) is 35.5 Å². The molecule has 3 nitrogen and oxygen atoms in total. The third kappa shape index (κ3) is 2.88. The number of aromatic nitrogens is 1. The number of hydrogen-bond acceptors (Lipinski definition) is 2. The lowest BCUT2D eigenvalue weighted by Crippen LogP contribution is -2.50. The molecule has 0 radical (unpaired) electrons. The first-order valence-electron chi connectivity index (χ1n) is 8.18. The highest BCUT2D eigenvalue weighted by Gasteiger charge is 2.41. The van der Waals surface area contributed by atoms with Crippen molar-refractivity contribution in [2.24, 2.45) is 5.92 Å². The van der Waals surface area contributed by atoms with Crippen LogP contribution in [0.3, 0.4) is 0 Å². The van der Waals surface area contributed by atoms with E-state index >= 15 is 0 Å². The summed E-state index contributed by atoms with van der Waals surface area (Å²) in [6.07, 6.45) is 0.740. The van der Waals surface area contributed by atoms with Gasteiger partial charge in [0.25, 0.3) is 5.92 Å². The number of aliphatic hydroxyl groups is 1. The Bertz CT molecular complexity index is 695. The van der Waals surface area contributed by atoms with E-state index in [0.29, 0.717) is 0 Å². The number of benzene rings is 1. The summed E-state index contributed by atoms with van der Waals surface area (Å²) in [7, 11) is 0. The molecule has 0 fully saturated rings. The topological polar surface area (TPSA) is 39.3 Å². The first-order valence-corrected chi connectivity index (χ1v) is 8.18. The minimum absolute atomic E-state index is 0.00605. The molecule has 1 aliphatic rings. The van der Waals surface area contributed by atoms with E-state index in [-0.39, 0.29) is 18.0 Å². The van der Waals surface area contributed by atoms with Crippen LogP contribution in [0.1, 0.15) is 38.1 Å². The zero-order valence-electron chi connectivity index (χ0n) is 13.8. The molecule has 2 heterocycles. The fourth-order valence-electron chi connectivity index (χ4n) is 3.83. The molecule has 2 atom stereocenters. The number of alkyl halides is 2. The van der Waals surface area contributed by atoms with E-state index < -0.39 is 19.1 Å². The Morgan fingerprint density at radius 2 is 2.04 bits per heavy atom. The van der Waals surface area contributed by atoms with Crippen LogP contribution in [0.4, 0.5) is 8.78 Å². The zero-order chi connectivity index (χ0) is 16.8. The molecule has 0 spiro atoms. The van der Waals surface area contributed by atoms with Crippen molar-refractivity contribution in [1.29, 1.82) is 0 Å². The average Bonchev–Trinajstić information content (AvgIpc) is 2.85. The van der Waals surface area contributed by atoms with Gasteiger partial charge in [-0.2, -0.15) is 0 Å². The number of aromatic amines is 1. The Morgan fingerprint density at radius 1 is 1.35 bits per heavy atom. The van der Waals surface area contributed by atoms with Gasteiger partial charge < -0.3 is 10.1 Å². The molecule has 0 bridgehead atoms. The first kappa shape index (κ1) is 16.4. The molecule has 0 amide bonds. The standard InChI is InChI=1S/C18H24F2N2O/c1-11(2)17-16-14(13-6-4-5-7-15(13)21-16)8-12(3)22(17)9-18(19,20)10-23/h4-7,11-12,17,21,23H,8-10H2,1-3H3/t12-,17-/m1/s1. The summed E-state index contributed by atoms with van der Waals surface area (Å²) >= 11 is 0. The van der Waals surface area contributed by atoms with Crippen molar-refractivity contribution in [2.45, 2.75) is 45.2 Å². The summed E-state index contributed by atoms with van der Waals surface area (Å²) in [5.74, 6) is -2.88. The third-order valence-electron chi connectivity index (χ3n) is 4.84. The number of halogens is 2. The van der Waals surface area contributed by atoms with Gasteiger partial charge in [-0.1, -0.05) is 32.0 Å². The molecule has 0 saturated heterocycles. The van der Waals surface area contributed by atoms with Crippen LogP contribution in [0, 0.1) is 5.92 Å². The molecule has 5 heteroatoms. The number of H-pyrrole nitrogens is 1. The van der Waals surface area contributed by atoms with Gasteiger partial charge >= 0.3 is 0 Å². The lowest BCUT2D eigenvalue weighted by Gasteiger charge is -2.43. The maximum Gasteiger partial charge on any atom is 0.283 e. The van der Waals surface area contributed by atoms with Crippen molar-refractivity contribution in [2.75, 3.05) is 13.2 Å². The minimum Gasteiger partial charge on any atom is -0.390 e. The molecule has 0 saturated carbocycles. The minimum atomic E-state index is -3.08. The van der Waals surface area contributed by atoms with E-state index in [2.05, 4.69) is 24.9 Å². The molecule has 1 aromatic heterocycles. The number of nitrogens with zero attached hydrogens (tertiary/aromatic N) is 1.